The van der Waals surface area contributed by atoms with Gasteiger partial charge in [0.1, 0.15) is 5.82 Å². The predicted octanol–water partition coefficient (Wildman–Crippen LogP) is 7.55. The third-order valence-corrected chi connectivity index (χ3v) is 7.68. The van der Waals surface area contributed by atoms with Crippen LogP contribution in [0.1, 0.15) is 115 Å². The molecule has 2 nitrogen and oxygen atoms in total. The third-order valence-electron chi connectivity index (χ3n) is 7.68. The van der Waals surface area contributed by atoms with Crippen molar-refractivity contribution >= 4 is 0 Å². The second kappa shape index (κ2) is 11.9. The van der Waals surface area contributed by atoms with E-state index in [1.54, 1.807) is 0 Å². The SMILES string of the molecule is CCCCCC1CCC(C(Cc2ncc(CCC)cn2)C2CCCCC2)CC1. The maximum Gasteiger partial charge on any atom is 0.128 e. The normalized spacial score (nSPS) is 24.9. The monoisotopic (exact) mass is 384 g/mol. The molecule has 3 rings (SSSR count). The average Bonchev–Trinajstić information content (AvgIpc) is 2.75. The summed E-state index contributed by atoms with van der Waals surface area (Å²) in [4.78, 5) is 9.56. The zero-order valence-electron chi connectivity index (χ0n) is 18.7. The number of aromatic nitrogens is 2. The molecule has 0 aromatic carbocycles. The highest BCUT2D eigenvalue weighted by molar-refractivity contribution is 5.06. The van der Waals surface area contributed by atoms with E-state index in [-0.39, 0.29) is 0 Å². The average molecular weight is 385 g/mol. The zero-order valence-corrected chi connectivity index (χ0v) is 18.7. The van der Waals surface area contributed by atoms with Crippen LogP contribution in [0.15, 0.2) is 12.4 Å². The molecule has 1 heterocycles. The molecule has 1 aromatic rings. The zero-order chi connectivity index (χ0) is 19.6. The van der Waals surface area contributed by atoms with Gasteiger partial charge in [0.05, 0.1) is 0 Å². The molecule has 2 saturated carbocycles. The number of rotatable bonds is 10. The summed E-state index contributed by atoms with van der Waals surface area (Å²) in [5.74, 6) is 4.80. The first-order chi connectivity index (χ1) is 13.8. The van der Waals surface area contributed by atoms with Crippen molar-refractivity contribution in [3.8, 4) is 0 Å². The predicted molar refractivity (Wildman–Crippen MR) is 119 cm³/mol. The van der Waals surface area contributed by atoms with Gasteiger partial charge < -0.3 is 0 Å². The van der Waals surface area contributed by atoms with Crippen LogP contribution < -0.4 is 0 Å². The van der Waals surface area contributed by atoms with Gasteiger partial charge in [-0.15, -0.1) is 0 Å². The van der Waals surface area contributed by atoms with Crippen LogP contribution in [0.2, 0.25) is 0 Å². The van der Waals surface area contributed by atoms with Crippen molar-refractivity contribution in [2.24, 2.45) is 23.7 Å². The number of unbranched alkanes of at least 4 members (excludes halogenated alkanes) is 2. The van der Waals surface area contributed by atoms with Gasteiger partial charge in [0, 0.05) is 18.8 Å². The van der Waals surface area contributed by atoms with Crippen molar-refractivity contribution < 1.29 is 0 Å². The molecular formula is C26H44N2. The van der Waals surface area contributed by atoms with Crippen LogP contribution in [0.3, 0.4) is 0 Å². The topological polar surface area (TPSA) is 25.8 Å². The van der Waals surface area contributed by atoms with Gasteiger partial charge in [-0.1, -0.05) is 90.9 Å². The molecule has 0 radical (unpaired) electrons. The van der Waals surface area contributed by atoms with Crippen LogP contribution in [-0.2, 0) is 12.8 Å². The molecule has 28 heavy (non-hydrogen) atoms. The van der Waals surface area contributed by atoms with Crippen LogP contribution in [0.5, 0.6) is 0 Å². The minimum absolute atomic E-state index is 0.828. The lowest BCUT2D eigenvalue weighted by Gasteiger charge is -2.39. The summed E-state index contributed by atoms with van der Waals surface area (Å²) >= 11 is 0. The van der Waals surface area contributed by atoms with E-state index in [1.807, 2.05) is 0 Å². The molecule has 1 atom stereocenters. The third kappa shape index (κ3) is 6.56. The van der Waals surface area contributed by atoms with E-state index in [1.165, 1.54) is 95.5 Å². The van der Waals surface area contributed by atoms with Gasteiger partial charge >= 0.3 is 0 Å². The van der Waals surface area contributed by atoms with Crippen molar-refractivity contribution in [2.75, 3.05) is 0 Å². The second-order valence-corrected chi connectivity index (χ2v) is 9.80. The standard InChI is InChI=1S/C26H44N2/c1-3-5-7-11-21-14-16-24(17-15-21)25(23-12-8-6-9-13-23)18-26-27-19-22(10-4-2)20-28-26/h19-21,23-25H,3-18H2,1-2H3. The molecule has 2 fully saturated rings. The van der Waals surface area contributed by atoms with E-state index in [2.05, 4.69) is 26.2 Å². The largest absolute Gasteiger partial charge is 0.241 e. The highest BCUT2D eigenvalue weighted by atomic mass is 14.9. The van der Waals surface area contributed by atoms with Gasteiger partial charge in [0.25, 0.3) is 0 Å². The van der Waals surface area contributed by atoms with E-state index in [9.17, 15) is 0 Å². The Morgan fingerprint density at radius 3 is 2.14 bits per heavy atom. The Morgan fingerprint density at radius 1 is 0.821 bits per heavy atom. The van der Waals surface area contributed by atoms with E-state index in [0.717, 1.165) is 42.3 Å². The van der Waals surface area contributed by atoms with Gasteiger partial charge in [-0.2, -0.15) is 0 Å². The maximum atomic E-state index is 4.78. The Balaban J connectivity index is 1.59. The smallest absolute Gasteiger partial charge is 0.128 e. The summed E-state index contributed by atoms with van der Waals surface area (Å²) in [5.41, 5.74) is 1.30. The van der Waals surface area contributed by atoms with Gasteiger partial charge in [-0.3, -0.25) is 0 Å². The Labute approximate surface area is 174 Å². The Bertz CT molecular complexity index is 524. The molecule has 0 N–H and O–H groups in total. The molecule has 2 aliphatic carbocycles. The minimum atomic E-state index is 0.828. The molecule has 1 unspecified atom stereocenters. The highest BCUT2D eigenvalue weighted by Crippen LogP contribution is 2.43. The van der Waals surface area contributed by atoms with Crippen molar-refractivity contribution in [3.05, 3.63) is 23.8 Å². The van der Waals surface area contributed by atoms with Gasteiger partial charge in [-0.25, -0.2) is 9.97 Å². The van der Waals surface area contributed by atoms with Crippen molar-refractivity contribution in [3.63, 3.8) is 0 Å². The van der Waals surface area contributed by atoms with Crippen LogP contribution in [0.4, 0.5) is 0 Å². The lowest BCUT2D eigenvalue weighted by Crippen LogP contribution is -2.31. The molecule has 0 amide bonds. The Morgan fingerprint density at radius 2 is 1.50 bits per heavy atom. The fourth-order valence-corrected chi connectivity index (χ4v) is 5.98. The van der Waals surface area contributed by atoms with Crippen molar-refractivity contribution in [1.29, 1.82) is 0 Å². The molecule has 0 bridgehead atoms. The lowest BCUT2D eigenvalue weighted by molar-refractivity contribution is 0.121. The van der Waals surface area contributed by atoms with Crippen LogP contribution in [0, 0.1) is 23.7 Å². The van der Waals surface area contributed by atoms with Gasteiger partial charge in [0.2, 0.25) is 0 Å². The van der Waals surface area contributed by atoms with Crippen LogP contribution in [-0.4, -0.2) is 9.97 Å². The molecule has 0 saturated heterocycles. The number of hydrogen-bond acceptors (Lipinski definition) is 2. The molecule has 0 spiro atoms. The van der Waals surface area contributed by atoms with E-state index in [4.69, 9.17) is 9.97 Å². The van der Waals surface area contributed by atoms with E-state index < -0.39 is 0 Å². The van der Waals surface area contributed by atoms with E-state index in [0.29, 0.717) is 0 Å². The fourth-order valence-electron chi connectivity index (χ4n) is 5.98. The number of aryl methyl sites for hydroxylation is 1. The van der Waals surface area contributed by atoms with E-state index >= 15 is 0 Å². The molecule has 158 valence electrons. The van der Waals surface area contributed by atoms with Crippen molar-refractivity contribution in [2.45, 2.75) is 117 Å². The number of hydrogen-bond donors (Lipinski definition) is 0. The fraction of sp³-hybridized carbons (Fsp3) is 0.846. The molecule has 2 heteroatoms. The summed E-state index contributed by atoms with van der Waals surface area (Å²) in [7, 11) is 0. The Hall–Kier alpha value is -0.920. The van der Waals surface area contributed by atoms with Crippen LogP contribution >= 0.6 is 0 Å². The summed E-state index contributed by atoms with van der Waals surface area (Å²) in [6.45, 7) is 4.55. The molecule has 1 aromatic heterocycles. The summed E-state index contributed by atoms with van der Waals surface area (Å²) < 4.78 is 0. The minimum Gasteiger partial charge on any atom is -0.241 e. The highest BCUT2D eigenvalue weighted by Gasteiger charge is 2.33. The van der Waals surface area contributed by atoms with Crippen LogP contribution in [0.25, 0.3) is 0 Å². The summed E-state index contributed by atoms with van der Waals surface area (Å²) in [5, 5.41) is 0. The second-order valence-electron chi connectivity index (χ2n) is 9.80. The first-order valence-corrected chi connectivity index (χ1v) is 12.6. The summed E-state index contributed by atoms with van der Waals surface area (Å²) in [6, 6.07) is 0. The van der Waals surface area contributed by atoms with Gasteiger partial charge in [-0.05, 0) is 48.5 Å². The molecular weight excluding hydrogens is 340 g/mol. The molecule has 0 aliphatic heterocycles. The maximum absolute atomic E-state index is 4.78. The Kier molecular flexibility index (Phi) is 9.28. The first kappa shape index (κ1) is 21.8. The number of nitrogens with zero attached hydrogens (tertiary/aromatic N) is 2. The summed E-state index contributed by atoms with van der Waals surface area (Å²) in [6.07, 6.45) is 26.5. The lowest BCUT2D eigenvalue weighted by atomic mass is 9.66. The quantitative estimate of drug-likeness (QED) is 0.389. The van der Waals surface area contributed by atoms with Crippen molar-refractivity contribution in [1.82, 2.24) is 9.97 Å². The first-order valence-electron chi connectivity index (χ1n) is 12.6. The molecule has 2 aliphatic rings. The van der Waals surface area contributed by atoms with Gasteiger partial charge in [0.15, 0.2) is 0 Å².